The number of ether oxygens (including phenoxy) is 3. The van der Waals surface area contributed by atoms with Gasteiger partial charge in [0.05, 0.1) is 11.3 Å². The van der Waals surface area contributed by atoms with E-state index < -0.39 is 34.3 Å². The lowest BCUT2D eigenvalue weighted by atomic mass is 9.88. The Labute approximate surface area is 194 Å². The summed E-state index contributed by atoms with van der Waals surface area (Å²) in [7, 11) is -3.85. The molecule has 0 radical (unpaired) electrons. The first-order valence-electron chi connectivity index (χ1n) is 10.1. The van der Waals surface area contributed by atoms with E-state index in [0.29, 0.717) is 22.3 Å². The van der Waals surface area contributed by atoms with Crippen LogP contribution in [-0.2, 0) is 15.8 Å². The second-order valence-corrected chi connectivity index (χ2v) is 9.17. The molecule has 1 heterocycles. The first kappa shape index (κ1) is 23.7. The zero-order chi connectivity index (χ0) is 24.5. The Morgan fingerprint density at radius 3 is 2.65 bits per heavy atom. The third kappa shape index (κ3) is 5.18. The fourth-order valence-corrected chi connectivity index (χ4v) is 4.50. The van der Waals surface area contributed by atoms with Gasteiger partial charge in [-0.3, -0.25) is 0 Å². The SMILES string of the molecule is C=CCOc1cc(F)cc(C2Oc3cccc(OC(F)F)c3-c3ccc(CS(N)(=O)=O)cc32)c1. The number of alkyl halides is 2. The van der Waals surface area contributed by atoms with E-state index in [1.807, 2.05) is 0 Å². The van der Waals surface area contributed by atoms with Gasteiger partial charge in [-0.05, 0) is 35.4 Å². The number of rotatable bonds is 8. The Balaban J connectivity index is 1.89. The van der Waals surface area contributed by atoms with Crippen LogP contribution in [0.3, 0.4) is 0 Å². The molecule has 34 heavy (non-hydrogen) atoms. The number of hydrogen-bond donors (Lipinski definition) is 1. The molecule has 0 spiro atoms. The topological polar surface area (TPSA) is 87.8 Å². The van der Waals surface area contributed by atoms with Crippen LogP contribution in [0.15, 0.2) is 67.3 Å². The van der Waals surface area contributed by atoms with E-state index in [9.17, 15) is 21.6 Å². The molecule has 4 rings (SSSR count). The summed E-state index contributed by atoms with van der Waals surface area (Å²) >= 11 is 0. The van der Waals surface area contributed by atoms with Crippen molar-refractivity contribution in [1.29, 1.82) is 0 Å². The van der Waals surface area contributed by atoms with Crippen LogP contribution < -0.4 is 19.3 Å². The van der Waals surface area contributed by atoms with Crippen LogP contribution in [0.25, 0.3) is 11.1 Å². The van der Waals surface area contributed by atoms with Gasteiger partial charge < -0.3 is 14.2 Å². The summed E-state index contributed by atoms with van der Waals surface area (Å²) in [5.41, 5.74) is 1.90. The maximum absolute atomic E-state index is 14.4. The zero-order valence-electron chi connectivity index (χ0n) is 17.7. The number of fused-ring (bicyclic) bond motifs is 3. The highest BCUT2D eigenvalue weighted by Gasteiger charge is 2.31. The molecule has 3 aromatic rings. The highest BCUT2D eigenvalue weighted by Crippen LogP contribution is 2.49. The van der Waals surface area contributed by atoms with Gasteiger partial charge >= 0.3 is 6.61 Å². The molecule has 1 aliphatic heterocycles. The normalized spacial score (nSPS) is 14.7. The van der Waals surface area contributed by atoms with E-state index in [4.69, 9.17) is 14.6 Å². The maximum Gasteiger partial charge on any atom is 0.387 e. The van der Waals surface area contributed by atoms with Crippen molar-refractivity contribution in [1.82, 2.24) is 0 Å². The number of primary sulfonamides is 1. The lowest BCUT2D eigenvalue weighted by molar-refractivity contribution is -0.0496. The first-order valence-corrected chi connectivity index (χ1v) is 11.8. The molecule has 0 fully saturated rings. The number of benzene rings is 3. The van der Waals surface area contributed by atoms with E-state index in [0.717, 1.165) is 0 Å². The van der Waals surface area contributed by atoms with Crippen molar-refractivity contribution >= 4 is 10.0 Å². The summed E-state index contributed by atoms with van der Waals surface area (Å²) in [6.07, 6.45) is 0.614. The van der Waals surface area contributed by atoms with Gasteiger partial charge in [0, 0.05) is 17.2 Å². The van der Waals surface area contributed by atoms with Crippen molar-refractivity contribution in [3.05, 3.63) is 89.8 Å². The number of sulfonamides is 1. The van der Waals surface area contributed by atoms with Gasteiger partial charge in [0.25, 0.3) is 0 Å². The van der Waals surface area contributed by atoms with Crippen molar-refractivity contribution in [3.8, 4) is 28.4 Å². The maximum atomic E-state index is 14.4. The van der Waals surface area contributed by atoms with Gasteiger partial charge in [-0.25, -0.2) is 17.9 Å². The standard InChI is InChI=1S/C24H20F3NO5S/c1-2-8-31-17-11-15(10-16(25)12-17)23-19-9-14(13-34(28,29)30)6-7-18(19)22-20(32-23)4-3-5-21(22)33-24(26)27/h2-7,9-12,23-24H,1,8,13H2,(H2,28,29,30). The smallest absolute Gasteiger partial charge is 0.387 e. The second kappa shape index (κ2) is 9.40. The molecular weight excluding hydrogens is 471 g/mol. The summed E-state index contributed by atoms with van der Waals surface area (Å²) in [5.74, 6) is -0.663. The molecule has 0 aliphatic carbocycles. The van der Waals surface area contributed by atoms with Crippen molar-refractivity contribution < 1.29 is 35.8 Å². The van der Waals surface area contributed by atoms with Crippen LogP contribution in [0.1, 0.15) is 22.8 Å². The van der Waals surface area contributed by atoms with E-state index >= 15 is 0 Å². The number of nitrogens with two attached hydrogens (primary N) is 1. The molecule has 1 atom stereocenters. The largest absolute Gasteiger partial charge is 0.489 e. The average Bonchev–Trinajstić information content (AvgIpc) is 2.75. The summed E-state index contributed by atoms with van der Waals surface area (Å²) in [6.45, 7) is 0.651. The van der Waals surface area contributed by atoms with Crippen LogP contribution >= 0.6 is 0 Å². The monoisotopic (exact) mass is 491 g/mol. The third-order valence-electron chi connectivity index (χ3n) is 5.05. The molecule has 10 heteroatoms. The molecule has 3 aromatic carbocycles. The van der Waals surface area contributed by atoms with Crippen LogP contribution in [-0.4, -0.2) is 21.6 Å². The molecule has 1 unspecified atom stereocenters. The molecule has 2 N–H and O–H groups in total. The van der Waals surface area contributed by atoms with Gasteiger partial charge in [-0.15, -0.1) is 0 Å². The molecule has 0 saturated carbocycles. The Morgan fingerprint density at radius 2 is 1.94 bits per heavy atom. The third-order valence-corrected chi connectivity index (χ3v) is 5.78. The van der Waals surface area contributed by atoms with E-state index in [1.54, 1.807) is 24.3 Å². The van der Waals surface area contributed by atoms with Crippen molar-refractivity contribution in [2.24, 2.45) is 5.14 Å². The first-order chi connectivity index (χ1) is 16.1. The van der Waals surface area contributed by atoms with Crippen LogP contribution in [0.2, 0.25) is 0 Å². The van der Waals surface area contributed by atoms with Crippen molar-refractivity contribution in [3.63, 3.8) is 0 Å². The van der Waals surface area contributed by atoms with Gasteiger partial charge in [-0.1, -0.05) is 36.9 Å². The van der Waals surface area contributed by atoms with Crippen molar-refractivity contribution in [2.45, 2.75) is 18.5 Å². The van der Waals surface area contributed by atoms with E-state index in [2.05, 4.69) is 11.3 Å². The Hall–Kier alpha value is -3.50. The predicted molar refractivity (Wildman–Crippen MR) is 120 cm³/mol. The fraction of sp³-hybridized carbons (Fsp3) is 0.167. The summed E-state index contributed by atoms with van der Waals surface area (Å²) < 4.78 is 80.1. The molecule has 1 aliphatic rings. The Morgan fingerprint density at radius 1 is 1.15 bits per heavy atom. The second-order valence-electron chi connectivity index (χ2n) is 7.55. The fourth-order valence-electron chi connectivity index (χ4n) is 3.86. The quantitative estimate of drug-likeness (QED) is 0.452. The summed E-state index contributed by atoms with van der Waals surface area (Å²) in [4.78, 5) is 0. The van der Waals surface area contributed by atoms with Crippen LogP contribution in [0.5, 0.6) is 17.2 Å². The highest BCUT2D eigenvalue weighted by atomic mass is 32.2. The van der Waals surface area contributed by atoms with Crippen molar-refractivity contribution in [2.75, 3.05) is 6.61 Å². The molecular formula is C24H20F3NO5S. The lowest BCUT2D eigenvalue weighted by Crippen LogP contribution is -2.19. The molecule has 0 amide bonds. The highest BCUT2D eigenvalue weighted by molar-refractivity contribution is 7.88. The molecule has 0 aromatic heterocycles. The van der Waals surface area contributed by atoms with Gasteiger partial charge in [-0.2, -0.15) is 8.78 Å². The van der Waals surface area contributed by atoms with E-state index in [1.165, 1.54) is 36.4 Å². The number of halogens is 3. The van der Waals surface area contributed by atoms with Gasteiger partial charge in [0.2, 0.25) is 10.0 Å². The molecule has 6 nitrogen and oxygen atoms in total. The van der Waals surface area contributed by atoms with Crippen LogP contribution in [0.4, 0.5) is 13.2 Å². The lowest BCUT2D eigenvalue weighted by Gasteiger charge is -2.31. The van der Waals surface area contributed by atoms with E-state index in [-0.39, 0.29) is 29.4 Å². The predicted octanol–water partition coefficient (Wildman–Crippen LogP) is 4.93. The van der Waals surface area contributed by atoms with Gasteiger partial charge in [0.15, 0.2) is 0 Å². The minimum Gasteiger partial charge on any atom is -0.489 e. The van der Waals surface area contributed by atoms with Gasteiger partial charge in [0.1, 0.15) is 35.8 Å². The number of hydrogen-bond acceptors (Lipinski definition) is 5. The minimum absolute atomic E-state index is 0.111. The molecule has 178 valence electrons. The Bertz CT molecular complexity index is 1340. The van der Waals surface area contributed by atoms with Crippen LogP contribution in [0, 0.1) is 5.82 Å². The minimum atomic E-state index is -3.85. The average molecular weight is 491 g/mol. The zero-order valence-corrected chi connectivity index (χ0v) is 18.5. The molecule has 0 saturated heterocycles. The Kier molecular flexibility index (Phi) is 6.54. The molecule has 0 bridgehead atoms. The summed E-state index contributed by atoms with van der Waals surface area (Å²) in [6, 6.07) is 13.1. The summed E-state index contributed by atoms with van der Waals surface area (Å²) in [5, 5.41) is 5.19.